The molecule has 0 spiro atoms. The molecule has 0 saturated carbocycles. The molecule has 1 aromatic rings. The van der Waals surface area contributed by atoms with Gasteiger partial charge in [0.1, 0.15) is 0 Å². The lowest BCUT2D eigenvalue weighted by Crippen LogP contribution is -2.39. The van der Waals surface area contributed by atoms with Crippen LogP contribution in [0.2, 0.25) is 0 Å². The molecule has 0 radical (unpaired) electrons. The Morgan fingerprint density at radius 2 is 2.00 bits per heavy atom. The van der Waals surface area contributed by atoms with E-state index in [1.165, 1.54) is 49.9 Å². The number of benzene rings is 1. The molecule has 19 heavy (non-hydrogen) atoms. The van der Waals surface area contributed by atoms with Gasteiger partial charge in [-0.25, -0.2) is 0 Å². The van der Waals surface area contributed by atoms with Crippen LogP contribution in [0.1, 0.15) is 51.5 Å². The Morgan fingerprint density at radius 3 is 2.63 bits per heavy atom. The standard InChI is InChI=1S/C17H28N2/c1-3-6-16-7-4-5-12-19(16)17-10-8-15(9-11-17)13-14(2)18/h8-11,14,16H,3-7,12-13,18H2,1-2H3. The molecule has 1 saturated heterocycles. The van der Waals surface area contributed by atoms with Crippen LogP contribution in [-0.4, -0.2) is 18.6 Å². The third-order valence-corrected chi connectivity index (χ3v) is 4.07. The maximum atomic E-state index is 5.86. The SMILES string of the molecule is CCCC1CCCCN1c1ccc(CC(C)N)cc1. The average Bonchev–Trinajstić information content (AvgIpc) is 2.40. The van der Waals surface area contributed by atoms with E-state index in [1.807, 2.05) is 0 Å². The summed E-state index contributed by atoms with van der Waals surface area (Å²) in [6.45, 7) is 5.58. The molecule has 0 amide bonds. The van der Waals surface area contributed by atoms with Crippen LogP contribution in [0.5, 0.6) is 0 Å². The number of hydrogen-bond acceptors (Lipinski definition) is 2. The molecular formula is C17H28N2. The molecule has 2 heteroatoms. The van der Waals surface area contributed by atoms with E-state index in [9.17, 15) is 0 Å². The number of nitrogens with zero attached hydrogens (tertiary/aromatic N) is 1. The highest BCUT2D eigenvalue weighted by Crippen LogP contribution is 2.27. The summed E-state index contributed by atoms with van der Waals surface area (Å²) in [6.07, 6.45) is 7.66. The highest BCUT2D eigenvalue weighted by molar-refractivity contribution is 5.49. The molecule has 1 aromatic carbocycles. The van der Waals surface area contributed by atoms with Crippen LogP contribution >= 0.6 is 0 Å². The number of hydrogen-bond donors (Lipinski definition) is 1. The Labute approximate surface area is 118 Å². The minimum atomic E-state index is 0.244. The third-order valence-electron chi connectivity index (χ3n) is 4.07. The van der Waals surface area contributed by atoms with Crippen molar-refractivity contribution in [1.29, 1.82) is 0 Å². The minimum absolute atomic E-state index is 0.244. The first-order chi connectivity index (χ1) is 9.20. The molecule has 1 aliphatic heterocycles. The first kappa shape index (κ1) is 14.4. The summed E-state index contributed by atoms with van der Waals surface area (Å²) < 4.78 is 0. The first-order valence-electron chi connectivity index (χ1n) is 7.82. The van der Waals surface area contributed by atoms with Crippen molar-refractivity contribution in [3.05, 3.63) is 29.8 Å². The van der Waals surface area contributed by atoms with Gasteiger partial charge in [0.05, 0.1) is 0 Å². The molecule has 2 atom stereocenters. The fraction of sp³-hybridized carbons (Fsp3) is 0.647. The molecule has 2 rings (SSSR count). The number of piperidine rings is 1. The van der Waals surface area contributed by atoms with E-state index < -0.39 is 0 Å². The van der Waals surface area contributed by atoms with Crippen LogP contribution in [0.4, 0.5) is 5.69 Å². The fourth-order valence-electron chi connectivity index (χ4n) is 3.17. The van der Waals surface area contributed by atoms with E-state index in [1.54, 1.807) is 0 Å². The van der Waals surface area contributed by atoms with E-state index in [-0.39, 0.29) is 6.04 Å². The highest BCUT2D eigenvalue weighted by atomic mass is 15.2. The molecule has 2 unspecified atom stereocenters. The molecule has 2 N–H and O–H groups in total. The molecule has 1 fully saturated rings. The molecular weight excluding hydrogens is 232 g/mol. The zero-order valence-corrected chi connectivity index (χ0v) is 12.4. The lowest BCUT2D eigenvalue weighted by atomic mass is 9.97. The summed E-state index contributed by atoms with van der Waals surface area (Å²) in [4.78, 5) is 2.61. The van der Waals surface area contributed by atoms with Crippen molar-refractivity contribution in [2.45, 2.75) is 64.5 Å². The Balaban J connectivity index is 2.06. The van der Waals surface area contributed by atoms with Gasteiger partial charge in [0.25, 0.3) is 0 Å². The van der Waals surface area contributed by atoms with Crippen molar-refractivity contribution >= 4 is 5.69 Å². The highest BCUT2D eigenvalue weighted by Gasteiger charge is 2.21. The largest absolute Gasteiger partial charge is 0.369 e. The molecule has 0 aromatic heterocycles. The van der Waals surface area contributed by atoms with Gasteiger partial charge in [-0.15, -0.1) is 0 Å². The lowest BCUT2D eigenvalue weighted by Gasteiger charge is -2.37. The maximum Gasteiger partial charge on any atom is 0.0368 e. The van der Waals surface area contributed by atoms with Crippen molar-refractivity contribution in [2.75, 3.05) is 11.4 Å². The smallest absolute Gasteiger partial charge is 0.0368 e. The van der Waals surface area contributed by atoms with E-state index >= 15 is 0 Å². The topological polar surface area (TPSA) is 29.3 Å². The minimum Gasteiger partial charge on any atom is -0.369 e. The van der Waals surface area contributed by atoms with Gasteiger partial charge in [0.2, 0.25) is 0 Å². The molecule has 1 aliphatic rings. The Hall–Kier alpha value is -1.02. The second-order valence-electron chi connectivity index (χ2n) is 5.98. The first-order valence-corrected chi connectivity index (χ1v) is 7.82. The van der Waals surface area contributed by atoms with E-state index in [2.05, 4.69) is 43.0 Å². The van der Waals surface area contributed by atoms with Gasteiger partial charge in [-0.3, -0.25) is 0 Å². The van der Waals surface area contributed by atoms with E-state index in [0.29, 0.717) is 0 Å². The normalized spacial score (nSPS) is 21.4. The predicted octanol–water partition coefficient (Wildman–Crippen LogP) is 3.74. The van der Waals surface area contributed by atoms with Crippen molar-refractivity contribution in [2.24, 2.45) is 5.73 Å². The van der Waals surface area contributed by atoms with Crippen LogP contribution in [0.3, 0.4) is 0 Å². The molecule has 2 nitrogen and oxygen atoms in total. The van der Waals surface area contributed by atoms with Gasteiger partial charge in [-0.1, -0.05) is 25.5 Å². The molecule has 0 aliphatic carbocycles. The average molecular weight is 260 g/mol. The van der Waals surface area contributed by atoms with Crippen LogP contribution < -0.4 is 10.6 Å². The fourth-order valence-corrected chi connectivity index (χ4v) is 3.17. The summed E-state index contributed by atoms with van der Waals surface area (Å²) in [5.41, 5.74) is 8.60. The van der Waals surface area contributed by atoms with Gasteiger partial charge in [-0.05, 0) is 56.7 Å². The van der Waals surface area contributed by atoms with Crippen LogP contribution in [0, 0.1) is 0 Å². The van der Waals surface area contributed by atoms with Gasteiger partial charge < -0.3 is 10.6 Å². The van der Waals surface area contributed by atoms with E-state index in [0.717, 1.165) is 12.5 Å². The number of anilines is 1. The van der Waals surface area contributed by atoms with Gasteiger partial charge in [-0.2, -0.15) is 0 Å². The second-order valence-corrected chi connectivity index (χ2v) is 5.98. The van der Waals surface area contributed by atoms with Gasteiger partial charge in [0.15, 0.2) is 0 Å². The summed E-state index contributed by atoms with van der Waals surface area (Å²) in [7, 11) is 0. The monoisotopic (exact) mass is 260 g/mol. The second kappa shape index (κ2) is 6.95. The zero-order chi connectivity index (χ0) is 13.7. The Morgan fingerprint density at radius 1 is 1.26 bits per heavy atom. The zero-order valence-electron chi connectivity index (χ0n) is 12.4. The Kier molecular flexibility index (Phi) is 5.26. The van der Waals surface area contributed by atoms with Crippen LogP contribution in [0.25, 0.3) is 0 Å². The quantitative estimate of drug-likeness (QED) is 0.874. The lowest BCUT2D eigenvalue weighted by molar-refractivity contribution is 0.435. The van der Waals surface area contributed by atoms with Gasteiger partial charge in [0, 0.05) is 24.3 Å². The van der Waals surface area contributed by atoms with Crippen molar-refractivity contribution < 1.29 is 0 Å². The summed E-state index contributed by atoms with van der Waals surface area (Å²) in [5, 5.41) is 0. The van der Waals surface area contributed by atoms with Crippen molar-refractivity contribution in [3.8, 4) is 0 Å². The predicted molar refractivity (Wildman–Crippen MR) is 83.7 cm³/mol. The summed E-state index contributed by atoms with van der Waals surface area (Å²) in [6, 6.07) is 10.1. The summed E-state index contributed by atoms with van der Waals surface area (Å²) in [5.74, 6) is 0. The van der Waals surface area contributed by atoms with Crippen LogP contribution in [0.15, 0.2) is 24.3 Å². The van der Waals surface area contributed by atoms with Crippen molar-refractivity contribution in [3.63, 3.8) is 0 Å². The number of nitrogens with two attached hydrogens (primary N) is 1. The van der Waals surface area contributed by atoms with Crippen molar-refractivity contribution in [1.82, 2.24) is 0 Å². The third kappa shape index (κ3) is 3.97. The molecule has 1 heterocycles. The Bertz CT molecular complexity index is 367. The van der Waals surface area contributed by atoms with Crippen LogP contribution in [-0.2, 0) is 6.42 Å². The summed E-state index contributed by atoms with van der Waals surface area (Å²) >= 11 is 0. The molecule has 106 valence electrons. The number of rotatable bonds is 5. The van der Waals surface area contributed by atoms with E-state index in [4.69, 9.17) is 5.73 Å². The maximum absolute atomic E-state index is 5.86. The molecule has 0 bridgehead atoms. The van der Waals surface area contributed by atoms with Gasteiger partial charge >= 0.3 is 0 Å².